The number of nitrogens with zero attached hydrogens (tertiary/aromatic N) is 3. The first kappa shape index (κ1) is 11.1. The smallest absolute Gasteiger partial charge is 0.307 e. The number of rotatable bonds is 4. The van der Waals surface area contributed by atoms with E-state index >= 15 is 0 Å². The molecule has 1 unspecified atom stereocenters. The average Bonchev–Trinajstić information content (AvgIpc) is 2.72. The number of carbonyl (C=O) groups excluding carboxylic acids is 1. The third-order valence-corrected chi connectivity index (χ3v) is 3.84. The van der Waals surface area contributed by atoms with E-state index < -0.39 is 4.92 Å². The zero-order valence-corrected chi connectivity index (χ0v) is 9.48. The van der Waals surface area contributed by atoms with Gasteiger partial charge in [0.05, 0.1) is 11.0 Å². The Morgan fingerprint density at radius 1 is 1.67 bits per heavy atom. The predicted octanol–water partition coefficient (Wildman–Crippen LogP) is 0.215. The van der Waals surface area contributed by atoms with Gasteiger partial charge < -0.3 is 4.74 Å². The largest absolute Gasteiger partial charge is 0.448 e. The summed E-state index contributed by atoms with van der Waals surface area (Å²) in [4.78, 5) is 20.4. The van der Waals surface area contributed by atoms with Gasteiger partial charge >= 0.3 is 5.69 Å². The fraction of sp³-hybridized carbons (Fsp3) is 0.600. The third kappa shape index (κ3) is 1.49. The molecule has 1 aliphatic carbocycles. The molecule has 0 radical (unpaired) electrons. The second-order valence-corrected chi connectivity index (χ2v) is 4.85. The number of hydrogen-bond acceptors (Lipinski definition) is 6. The minimum atomic E-state index is -0.457. The summed E-state index contributed by atoms with van der Waals surface area (Å²) in [6, 6.07) is 0.151. The molecule has 2 heterocycles. The summed E-state index contributed by atoms with van der Waals surface area (Å²) in [5.74, 6) is 0. The first-order valence-corrected chi connectivity index (χ1v) is 5.66. The van der Waals surface area contributed by atoms with Gasteiger partial charge in [0.15, 0.2) is 6.23 Å². The molecule has 1 aliphatic heterocycles. The molecule has 2 fully saturated rings. The number of nitrogens with one attached hydrogen (secondary N) is 1. The third-order valence-electron chi connectivity index (χ3n) is 3.84. The van der Waals surface area contributed by atoms with Crippen LogP contribution in [0.3, 0.4) is 0 Å². The highest BCUT2D eigenvalue weighted by Gasteiger charge is 2.57. The maximum Gasteiger partial charge on any atom is 0.307 e. The molecule has 1 atom stereocenters. The van der Waals surface area contributed by atoms with Crippen LogP contribution in [-0.4, -0.2) is 33.9 Å². The van der Waals surface area contributed by atoms with Crippen LogP contribution in [0.25, 0.3) is 0 Å². The van der Waals surface area contributed by atoms with Crippen LogP contribution in [-0.2, 0) is 9.53 Å². The number of ether oxygens (including phenoxy) is 1. The van der Waals surface area contributed by atoms with Crippen LogP contribution < -0.4 is 5.32 Å². The highest BCUT2D eigenvalue weighted by Crippen LogP contribution is 2.54. The summed E-state index contributed by atoms with van der Waals surface area (Å²) in [5.41, 5.74) is -0.00451. The zero-order chi connectivity index (χ0) is 12.8. The summed E-state index contributed by atoms with van der Waals surface area (Å²) < 4.78 is 6.56. The molecule has 1 aromatic heterocycles. The summed E-state index contributed by atoms with van der Waals surface area (Å²) in [6.07, 6.45) is 4.11. The summed E-state index contributed by atoms with van der Waals surface area (Å²) >= 11 is 0. The van der Waals surface area contributed by atoms with E-state index in [9.17, 15) is 14.9 Å². The lowest BCUT2D eigenvalue weighted by Crippen LogP contribution is -2.68. The Morgan fingerprint density at radius 2 is 2.44 bits per heavy atom. The standard InChI is InChI=1S/C10H12N4O4/c15-6-18-9-10(5-11-9)1-7(2-10)13-4-8(3-12-13)14(16)17/h3-4,6-7,9,11H,1-2,5H2. The van der Waals surface area contributed by atoms with Gasteiger partial charge in [-0.15, -0.1) is 0 Å². The molecular weight excluding hydrogens is 240 g/mol. The summed E-state index contributed by atoms with van der Waals surface area (Å²) in [5, 5.41) is 17.6. The fourth-order valence-corrected chi connectivity index (χ4v) is 2.77. The Hall–Kier alpha value is -1.96. The quantitative estimate of drug-likeness (QED) is 0.467. The van der Waals surface area contributed by atoms with E-state index in [4.69, 9.17) is 4.74 Å². The maximum absolute atomic E-state index is 10.6. The van der Waals surface area contributed by atoms with Gasteiger partial charge in [0.25, 0.3) is 6.47 Å². The van der Waals surface area contributed by atoms with Crippen molar-refractivity contribution in [3.63, 3.8) is 0 Å². The van der Waals surface area contributed by atoms with Crippen LogP contribution in [0.15, 0.2) is 12.4 Å². The number of carbonyl (C=O) groups is 1. The van der Waals surface area contributed by atoms with Gasteiger partial charge in [-0.25, -0.2) is 0 Å². The van der Waals surface area contributed by atoms with Crippen molar-refractivity contribution in [1.82, 2.24) is 15.1 Å². The van der Waals surface area contributed by atoms with Gasteiger partial charge in [0.1, 0.15) is 12.4 Å². The first-order valence-electron chi connectivity index (χ1n) is 5.66. The Balaban J connectivity index is 1.64. The first-order chi connectivity index (χ1) is 8.64. The molecule has 1 saturated heterocycles. The lowest BCUT2D eigenvalue weighted by atomic mass is 9.60. The van der Waals surface area contributed by atoms with Gasteiger partial charge in [-0.2, -0.15) is 5.10 Å². The van der Waals surface area contributed by atoms with E-state index in [0.29, 0.717) is 6.47 Å². The number of nitro groups is 1. The minimum absolute atomic E-state index is 0.00313. The van der Waals surface area contributed by atoms with Crippen molar-refractivity contribution < 1.29 is 14.5 Å². The van der Waals surface area contributed by atoms with Crippen molar-refractivity contribution in [2.24, 2.45) is 5.41 Å². The molecule has 2 aliphatic rings. The lowest BCUT2D eigenvalue weighted by Gasteiger charge is -2.57. The molecule has 8 heteroatoms. The van der Waals surface area contributed by atoms with Crippen LogP contribution in [0.1, 0.15) is 18.9 Å². The van der Waals surface area contributed by atoms with Gasteiger partial charge in [0.2, 0.25) is 0 Å². The van der Waals surface area contributed by atoms with Crippen molar-refractivity contribution in [3.05, 3.63) is 22.5 Å². The van der Waals surface area contributed by atoms with Crippen LogP contribution >= 0.6 is 0 Å². The molecule has 8 nitrogen and oxygen atoms in total. The molecule has 0 bridgehead atoms. The molecule has 96 valence electrons. The fourth-order valence-electron chi connectivity index (χ4n) is 2.77. The summed E-state index contributed by atoms with van der Waals surface area (Å²) in [6.45, 7) is 1.26. The van der Waals surface area contributed by atoms with Crippen molar-refractivity contribution in [1.29, 1.82) is 0 Å². The topological polar surface area (TPSA) is 99.3 Å². The molecular formula is C10H12N4O4. The highest BCUT2D eigenvalue weighted by atomic mass is 16.6. The van der Waals surface area contributed by atoms with E-state index in [0.717, 1.165) is 19.4 Å². The number of hydrogen-bond donors (Lipinski definition) is 1. The van der Waals surface area contributed by atoms with Crippen molar-refractivity contribution in [2.75, 3.05) is 6.54 Å². The normalized spacial score (nSPS) is 33.6. The van der Waals surface area contributed by atoms with Crippen LogP contribution in [0.2, 0.25) is 0 Å². The Kier molecular flexibility index (Phi) is 2.34. The van der Waals surface area contributed by atoms with E-state index in [1.54, 1.807) is 4.68 Å². The molecule has 18 heavy (non-hydrogen) atoms. The van der Waals surface area contributed by atoms with Crippen molar-refractivity contribution in [2.45, 2.75) is 25.1 Å². The van der Waals surface area contributed by atoms with Crippen LogP contribution in [0.4, 0.5) is 5.69 Å². The second kappa shape index (κ2) is 3.77. The SMILES string of the molecule is O=COC1NCC12CC(n1cc([N+](=O)[O-])cn1)C2. The predicted molar refractivity (Wildman–Crippen MR) is 58.5 cm³/mol. The van der Waals surface area contributed by atoms with Crippen LogP contribution in [0, 0.1) is 15.5 Å². The van der Waals surface area contributed by atoms with Gasteiger partial charge in [0, 0.05) is 12.0 Å². The van der Waals surface area contributed by atoms with E-state index in [1.165, 1.54) is 12.4 Å². The molecule has 0 amide bonds. The monoisotopic (exact) mass is 252 g/mol. The molecule has 0 aromatic carbocycles. The molecule has 1 N–H and O–H groups in total. The van der Waals surface area contributed by atoms with Crippen molar-refractivity contribution in [3.8, 4) is 0 Å². The Labute approximate surface area is 102 Å². The Morgan fingerprint density at radius 3 is 2.94 bits per heavy atom. The second-order valence-electron chi connectivity index (χ2n) is 4.85. The van der Waals surface area contributed by atoms with Gasteiger partial charge in [-0.3, -0.25) is 24.9 Å². The van der Waals surface area contributed by atoms with Crippen LogP contribution in [0.5, 0.6) is 0 Å². The molecule has 1 saturated carbocycles. The highest BCUT2D eigenvalue weighted by molar-refractivity contribution is 5.38. The maximum atomic E-state index is 10.6. The molecule has 1 aromatic rings. The van der Waals surface area contributed by atoms with Gasteiger partial charge in [-0.1, -0.05) is 0 Å². The lowest BCUT2D eigenvalue weighted by molar-refractivity contribution is -0.385. The van der Waals surface area contributed by atoms with Gasteiger partial charge in [-0.05, 0) is 12.8 Å². The summed E-state index contributed by atoms with van der Waals surface area (Å²) in [7, 11) is 0. The molecule has 3 rings (SSSR count). The van der Waals surface area contributed by atoms with E-state index in [2.05, 4.69) is 10.4 Å². The molecule has 1 spiro atoms. The van der Waals surface area contributed by atoms with E-state index in [-0.39, 0.29) is 23.4 Å². The zero-order valence-electron chi connectivity index (χ0n) is 9.48. The minimum Gasteiger partial charge on any atom is -0.448 e. The van der Waals surface area contributed by atoms with Crippen molar-refractivity contribution >= 4 is 12.2 Å². The number of aromatic nitrogens is 2. The average molecular weight is 252 g/mol. The van der Waals surface area contributed by atoms with E-state index in [1.807, 2.05) is 0 Å². The Bertz CT molecular complexity index is 494.